The van der Waals surface area contributed by atoms with Crippen LogP contribution in [0, 0.1) is 13.8 Å². The highest BCUT2D eigenvalue weighted by Gasteiger charge is 2.24. The highest BCUT2D eigenvalue weighted by molar-refractivity contribution is 7.92. The molecular weight excluding hydrogens is 356 g/mol. The first-order chi connectivity index (χ1) is 12.4. The fourth-order valence-corrected chi connectivity index (χ4v) is 3.79. The zero-order chi connectivity index (χ0) is 18.7. The minimum absolute atomic E-state index is 0.0398. The summed E-state index contributed by atoms with van der Waals surface area (Å²) in [7, 11) is -2.19. The molecule has 0 aliphatic carbocycles. The molecule has 0 saturated carbocycles. The third-order valence-corrected chi connectivity index (χ3v) is 5.24. The van der Waals surface area contributed by atoms with Crippen molar-refractivity contribution in [2.45, 2.75) is 18.7 Å². The topological polar surface area (TPSA) is 106 Å². The quantitative estimate of drug-likeness (QED) is 0.682. The Kier molecular flexibility index (Phi) is 4.81. The van der Waals surface area contributed by atoms with Gasteiger partial charge in [0.05, 0.1) is 19.0 Å². The van der Waals surface area contributed by atoms with Crippen LogP contribution in [0.3, 0.4) is 0 Å². The zero-order valence-corrected chi connectivity index (χ0v) is 15.3. The van der Waals surface area contributed by atoms with Gasteiger partial charge in [-0.1, -0.05) is 5.16 Å². The van der Waals surface area contributed by atoms with E-state index in [1.807, 2.05) is 24.3 Å². The molecule has 0 spiro atoms. The molecule has 9 heteroatoms. The van der Waals surface area contributed by atoms with Gasteiger partial charge >= 0.3 is 0 Å². The number of ether oxygens (including phenoxy) is 1. The van der Waals surface area contributed by atoms with Gasteiger partial charge in [-0.3, -0.25) is 4.72 Å². The van der Waals surface area contributed by atoms with Gasteiger partial charge in [-0.05, 0) is 50.2 Å². The Hall–Kier alpha value is -3.07. The summed E-state index contributed by atoms with van der Waals surface area (Å²) in [5, 5.41) is 6.79. The molecule has 0 unspecified atom stereocenters. The number of hydrogen-bond donors (Lipinski definition) is 2. The lowest BCUT2D eigenvalue weighted by molar-refractivity contribution is 0.390. The van der Waals surface area contributed by atoms with Crippen LogP contribution < -0.4 is 14.8 Å². The molecule has 1 aromatic carbocycles. The number of sulfonamides is 1. The van der Waals surface area contributed by atoms with E-state index in [-0.39, 0.29) is 10.7 Å². The predicted molar refractivity (Wildman–Crippen MR) is 97.3 cm³/mol. The number of aromatic nitrogens is 2. The van der Waals surface area contributed by atoms with E-state index in [1.165, 1.54) is 6.20 Å². The van der Waals surface area contributed by atoms with Crippen LogP contribution in [0.15, 0.2) is 52.0 Å². The summed E-state index contributed by atoms with van der Waals surface area (Å²) in [6.07, 6.45) is 1.43. The predicted octanol–water partition coefficient (Wildman–Crippen LogP) is 3.24. The monoisotopic (exact) mass is 374 g/mol. The maximum absolute atomic E-state index is 12.5. The van der Waals surface area contributed by atoms with Crippen molar-refractivity contribution < 1.29 is 17.7 Å². The molecule has 0 atom stereocenters. The first-order valence-electron chi connectivity index (χ1n) is 7.72. The first kappa shape index (κ1) is 17.7. The molecule has 3 aromatic rings. The van der Waals surface area contributed by atoms with Crippen molar-refractivity contribution in [3.63, 3.8) is 0 Å². The van der Waals surface area contributed by atoms with Gasteiger partial charge in [-0.25, -0.2) is 13.4 Å². The van der Waals surface area contributed by atoms with E-state index in [0.29, 0.717) is 17.2 Å². The molecule has 0 saturated heterocycles. The minimum atomic E-state index is -3.79. The van der Waals surface area contributed by atoms with Crippen LogP contribution in [0.25, 0.3) is 0 Å². The van der Waals surface area contributed by atoms with Crippen molar-refractivity contribution in [3.05, 3.63) is 54.0 Å². The van der Waals surface area contributed by atoms with Crippen LogP contribution >= 0.6 is 0 Å². The molecule has 26 heavy (non-hydrogen) atoms. The third kappa shape index (κ3) is 3.77. The van der Waals surface area contributed by atoms with Gasteiger partial charge in [0.2, 0.25) is 0 Å². The molecule has 0 aliphatic heterocycles. The van der Waals surface area contributed by atoms with E-state index < -0.39 is 10.0 Å². The molecule has 0 bridgehead atoms. The summed E-state index contributed by atoms with van der Waals surface area (Å²) in [6, 6.07) is 10.7. The average molecular weight is 374 g/mol. The number of benzene rings is 1. The van der Waals surface area contributed by atoms with Gasteiger partial charge in [-0.15, -0.1) is 0 Å². The van der Waals surface area contributed by atoms with Crippen molar-refractivity contribution in [2.24, 2.45) is 0 Å². The second-order valence-electron chi connectivity index (χ2n) is 5.54. The second kappa shape index (κ2) is 7.04. The minimum Gasteiger partial charge on any atom is -0.497 e. The molecule has 3 rings (SSSR count). The van der Waals surface area contributed by atoms with Crippen LogP contribution in [0.4, 0.5) is 17.2 Å². The van der Waals surface area contributed by atoms with Crippen LogP contribution in [0.5, 0.6) is 5.75 Å². The van der Waals surface area contributed by atoms with Crippen molar-refractivity contribution in [1.82, 2.24) is 10.1 Å². The normalized spacial score (nSPS) is 11.2. The standard InChI is InChI=1S/C17H18N4O4S/c1-11-17(12(2)25-20-11)26(22,23)21-14-6-9-16(18-10-14)19-13-4-7-15(24-3)8-5-13/h4-10,21H,1-3H3,(H,18,19). The number of pyridine rings is 1. The van der Waals surface area contributed by atoms with Crippen molar-refractivity contribution >= 4 is 27.2 Å². The van der Waals surface area contributed by atoms with E-state index in [2.05, 4.69) is 20.2 Å². The summed E-state index contributed by atoms with van der Waals surface area (Å²) in [5.74, 6) is 1.57. The number of anilines is 3. The molecule has 2 heterocycles. The van der Waals surface area contributed by atoms with Crippen molar-refractivity contribution in [2.75, 3.05) is 17.1 Å². The van der Waals surface area contributed by atoms with Gasteiger partial charge in [0.15, 0.2) is 10.7 Å². The van der Waals surface area contributed by atoms with Gasteiger partial charge in [0, 0.05) is 5.69 Å². The van der Waals surface area contributed by atoms with E-state index in [9.17, 15) is 8.42 Å². The fourth-order valence-electron chi connectivity index (χ4n) is 2.41. The van der Waals surface area contributed by atoms with Gasteiger partial charge in [-0.2, -0.15) is 0 Å². The Bertz CT molecular complexity index is 977. The Morgan fingerprint density at radius 3 is 2.27 bits per heavy atom. The molecule has 136 valence electrons. The number of nitrogens with zero attached hydrogens (tertiary/aromatic N) is 2. The van der Waals surface area contributed by atoms with Gasteiger partial charge in [0.25, 0.3) is 10.0 Å². The highest BCUT2D eigenvalue weighted by Crippen LogP contribution is 2.23. The molecule has 8 nitrogen and oxygen atoms in total. The van der Waals surface area contributed by atoms with Crippen LogP contribution in [-0.2, 0) is 10.0 Å². The smallest absolute Gasteiger partial charge is 0.267 e. The molecule has 0 aliphatic rings. The third-order valence-electron chi connectivity index (χ3n) is 3.61. The van der Waals surface area contributed by atoms with Crippen LogP contribution in [0.2, 0.25) is 0 Å². The lowest BCUT2D eigenvalue weighted by Crippen LogP contribution is -2.14. The van der Waals surface area contributed by atoms with E-state index in [0.717, 1.165) is 11.4 Å². The highest BCUT2D eigenvalue weighted by atomic mass is 32.2. The molecular formula is C17H18N4O4S. The number of nitrogens with one attached hydrogen (secondary N) is 2. The maximum atomic E-state index is 12.5. The average Bonchev–Trinajstić information content (AvgIpc) is 2.96. The zero-order valence-electron chi connectivity index (χ0n) is 14.5. The van der Waals surface area contributed by atoms with Crippen LogP contribution in [-0.4, -0.2) is 25.7 Å². The lowest BCUT2D eigenvalue weighted by Gasteiger charge is -2.09. The Balaban J connectivity index is 1.73. The summed E-state index contributed by atoms with van der Waals surface area (Å²) < 4.78 is 37.4. The van der Waals surface area contributed by atoms with Crippen molar-refractivity contribution in [1.29, 1.82) is 0 Å². The molecule has 2 aromatic heterocycles. The lowest BCUT2D eigenvalue weighted by atomic mass is 10.3. The Morgan fingerprint density at radius 1 is 1.04 bits per heavy atom. The molecule has 0 fully saturated rings. The van der Waals surface area contributed by atoms with Gasteiger partial charge < -0.3 is 14.6 Å². The van der Waals surface area contributed by atoms with Crippen molar-refractivity contribution in [3.8, 4) is 5.75 Å². The summed E-state index contributed by atoms with van der Waals surface area (Å²) in [5.41, 5.74) is 1.48. The Labute approximate surface area is 151 Å². The Morgan fingerprint density at radius 2 is 1.73 bits per heavy atom. The maximum Gasteiger partial charge on any atom is 0.267 e. The molecule has 2 N–H and O–H groups in total. The fraction of sp³-hybridized carbons (Fsp3) is 0.176. The van der Waals surface area contributed by atoms with E-state index in [4.69, 9.17) is 9.26 Å². The number of aryl methyl sites for hydroxylation is 2. The number of rotatable bonds is 6. The van der Waals surface area contributed by atoms with E-state index >= 15 is 0 Å². The second-order valence-corrected chi connectivity index (χ2v) is 7.16. The summed E-state index contributed by atoms with van der Waals surface area (Å²) in [6.45, 7) is 3.12. The molecule has 0 amide bonds. The van der Waals surface area contributed by atoms with Gasteiger partial charge in [0.1, 0.15) is 17.3 Å². The van der Waals surface area contributed by atoms with Crippen LogP contribution in [0.1, 0.15) is 11.5 Å². The summed E-state index contributed by atoms with van der Waals surface area (Å²) in [4.78, 5) is 4.26. The molecule has 0 radical (unpaired) electrons. The SMILES string of the molecule is COc1ccc(Nc2ccc(NS(=O)(=O)c3c(C)noc3C)cn2)cc1. The largest absolute Gasteiger partial charge is 0.497 e. The van der Waals surface area contributed by atoms with E-state index in [1.54, 1.807) is 33.1 Å². The first-order valence-corrected chi connectivity index (χ1v) is 9.20. The number of hydrogen-bond acceptors (Lipinski definition) is 7. The number of methoxy groups -OCH3 is 1. The summed E-state index contributed by atoms with van der Waals surface area (Å²) >= 11 is 0.